The van der Waals surface area contributed by atoms with Gasteiger partial charge in [-0.2, -0.15) is 0 Å². The van der Waals surface area contributed by atoms with Crippen LogP contribution >= 0.6 is 24.0 Å². The number of hydrogen-bond acceptors (Lipinski definition) is 4. The second kappa shape index (κ2) is 11.1. The maximum atomic E-state index is 12.9. The number of nitrogens with one attached hydrogen (secondary N) is 1. The van der Waals surface area contributed by atoms with Crippen molar-refractivity contribution < 1.29 is 9.53 Å². The van der Waals surface area contributed by atoms with Gasteiger partial charge in [0.1, 0.15) is 5.75 Å². The number of nitrogens with zero attached hydrogens (tertiary/aromatic N) is 1. The number of carbonyl (C=O) groups is 1. The summed E-state index contributed by atoms with van der Waals surface area (Å²) in [7, 11) is 0. The quantitative estimate of drug-likeness (QED) is 0.515. The zero-order valence-electron chi connectivity index (χ0n) is 17.2. The highest BCUT2D eigenvalue weighted by Crippen LogP contribution is 2.30. The van der Waals surface area contributed by atoms with E-state index in [-0.39, 0.29) is 30.5 Å². The third-order valence-corrected chi connectivity index (χ3v) is 5.18. The Morgan fingerprint density at radius 3 is 2.80 bits per heavy atom. The van der Waals surface area contributed by atoms with E-state index in [0.717, 1.165) is 26.1 Å². The van der Waals surface area contributed by atoms with Gasteiger partial charge in [-0.25, -0.2) is 0 Å². The van der Waals surface area contributed by atoms with Crippen LogP contribution in [0.15, 0.2) is 42.5 Å². The third kappa shape index (κ3) is 6.30. The first-order chi connectivity index (χ1) is 14.0. The molecule has 30 heavy (non-hydrogen) atoms. The van der Waals surface area contributed by atoms with Gasteiger partial charge in [-0.05, 0) is 31.9 Å². The molecule has 5 nitrogen and oxygen atoms in total. The predicted octanol–water partition coefficient (Wildman–Crippen LogP) is 4.14. The van der Waals surface area contributed by atoms with E-state index in [0.29, 0.717) is 22.0 Å². The van der Waals surface area contributed by atoms with Crippen molar-refractivity contribution in [2.24, 2.45) is 0 Å². The van der Waals surface area contributed by atoms with Gasteiger partial charge in [0.15, 0.2) is 6.10 Å². The number of hydrogen-bond donors (Lipinski definition) is 2. The molecule has 2 aromatic rings. The van der Waals surface area contributed by atoms with Crippen LogP contribution in [-0.4, -0.2) is 36.0 Å². The van der Waals surface area contributed by atoms with Gasteiger partial charge in [-0.15, -0.1) is 18.3 Å². The topological polar surface area (TPSA) is 67.6 Å². The van der Waals surface area contributed by atoms with Crippen molar-refractivity contribution >= 4 is 35.6 Å². The smallest absolute Gasteiger partial charge is 0.255 e. The average molecular weight is 448 g/mol. The number of ether oxygens (including phenoxy) is 1. The van der Waals surface area contributed by atoms with Crippen LogP contribution in [0.5, 0.6) is 5.75 Å². The Kier molecular flexibility index (Phi) is 8.86. The Labute approximate surface area is 189 Å². The van der Waals surface area contributed by atoms with Gasteiger partial charge < -0.3 is 15.8 Å². The molecule has 0 saturated carbocycles. The van der Waals surface area contributed by atoms with Crippen molar-refractivity contribution in [3.8, 4) is 17.6 Å². The zero-order chi connectivity index (χ0) is 20.8. The fourth-order valence-electron chi connectivity index (χ4n) is 3.47. The summed E-state index contributed by atoms with van der Waals surface area (Å²) < 4.78 is 5.82. The molecule has 1 amide bonds. The number of anilines is 1. The lowest BCUT2D eigenvalue weighted by atomic mass is 10.1. The van der Waals surface area contributed by atoms with E-state index in [1.54, 1.807) is 19.1 Å². The SMILES string of the molecule is CC#CC(C)Oc1cc(N)c(Cl)cc1C(=O)NC1CCN(Cc2ccccc2)C1.Cl. The molecule has 1 aliphatic rings. The molecule has 2 aromatic carbocycles. The molecule has 1 heterocycles. The van der Waals surface area contributed by atoms with Gasteiger partial charge in [-0.3, -0.25) is 9.69 Å². The molecular weight excluding hydrogens is 421 g/mol. The number of nitrogen functional groups attached to an aromatic ring is 1. The minimum absolute atomic E-state index is 0. The molecule has 0 bridgehead atoms. The number of amides is 1. The van der Waals surface area contributed by atoms with Gasteiger partial charge >= 0.3 is 0 Å². The first-order valence-corrected chi connectivity index (χ1v) is 10.1. The molecule has 1 fully saturated rings. The number of benzene rings is 2. The lowest BCUT2D eigenvalue weighted by Crippen LogP contribution is -2.37. The fourth-order valence-corrected chi connectivity index (χ4v) is 3.63. The minimum atomic E-state index is -0.361. The summed E-state index contributed by atoms with van der Waals surface area (Å²) in [5.74, 6) is 5.89. The third-order valence-electron chi connectivity index (χ3n) is 4.85. The molecule has 2 atom stereocenters. The summed E-state index contributed by atoms with van der Waals surface area (Å²) in [4.78, 5) is 15.3. The molecule has 0 radical (unpaired) electrons. The zero-order valence-corrected chi connectivity index (χ0v) is 18.7. The molecule has 3 rings (SSSR count). The number of carbonyl (C=O) groups excluding carboxylic acids is 1. The van der Waals surface area contributed by atoms with Gasteiger partial charge in [0.05, 0.1) is 16.3 Å². The van der Waals surface area contributed by atoms with E-state index in [4.69, 9.17) is 22.1 Å². The Morgan fingerprint density at radius 1 is 1.37 bits per heavy atom. The molecule has 0 aliphatic carbocycles. The lowest BCUT2D eigenvalue weighted by Gasteiger charge is -2.19. The van der Waals surface area contributed by atoms with Crippen molar-refractivity contribution in [1.82, 2.24) is 10.2 Å². The number of rotatable bonds is 6. The highest BCUT2D eigenvalue weighted by atomic mass is 35.5. The second-order valence-corrected chi connectivity index (χ2v) is 7.61. The van der Waals surface area contributed by atoms with E-state index in [1.807, 2.05) is 25.1 Å². The standard InChI is InChI=1S/C23H26ClN3O2.ClH/c1-3-7-16(2)29-22-13-21(25)20(24)12-19(22)23(28)26-18-10-11-27(15-18)14-17-8-5-4-6-9-17;/h4-6,8-9,12-13,16,18H,10-11,14-15,25H2,1-2H3,(H,26,28);1H. The molecule has 1 aliphatic heterocycles. The normalized spacial score (nSPS) is 16.7. The summed E-state index contributed by atoms with van der Waals surface area (Å²) in [6.45, 7) is 6.18. The summed E-state index contributed by atoms with van der Waals surface area (Å²) in [5.41, 5.74) is 7.91. The first kappa shape index (κ1) is 23.9. The molecule has 1 saturated heterocycles. The molecular formula is C23H27Cl2N3O2. The van der Waals surface area contributed by atoms with Crippen molar-refractivity contribution in [2.75, 3.05) is 18.8 Å². The summed E-state index contributed by atoms with van der Waals surface area (Å²) in [6.07, 6.45) is 0.537. The van der Waals surface area contributed by atoms with Crippen LogP contribution in [0.25, 0.3) is 0 Å². The van der Waals surface area contributed by atoms with Crippen LogP contribution in [0.4, 0.5) is 5.69 Å². The summed E-state index contributed by atoms with van der Waals surface area (Å²) >= 11 is 6.16. The number of likely N-dealkylation sites (tertiary alicyclic amines) is 1. The summed E-state index contributed by atoms with van der Waals surface area (Å²) in [6, 6.07) is 13.6. The summed E-state index contributed by atoms with van der Waals surface area (Å²) in [5, 5.41) is 3.43. The maximum absolute atomic E-state index is 12.9. The van der Waals surface area contributed by atoms with E-state index < -0.39 is 0 Å². The van der Waals surface area contributed by atoms with Crippen LogP contribution < -0.4 is 15.8 Å². The van der Waals surface area contributed by atoms with Crippen LogP contribution in [0.2, 0.25) is 5.02 Å². The molecule has 0 aromatic heterocycles. The second-order valence-electron chi connectivity index (χ2n) is 7.20. The molecule has 2 unspecified atom stereocenters. The van der Waals surface area contributed by atoms with Crippen molar-refractivity contribution in [1.29, 1.82) is 0 Å². The highest BCUT2D eigenvalue weighted by Gasteiger charge is 2.26. The monoisotopic (exact) mass is 447 g/mol. The Hall–Kier alpha value is -2.39. The average Bonchev–Trinajstić information content (AvgIpc) is 3.12. The van der Waals surface area contributed by atoms with Gasteiger partial charge in [-0.1, -0.05) is 47.9 Å². The number of halogens is 2. The number of nitrogens with two attached hydrogens (primary N) is 1. The van der Waals surface area contributed by atoms with Crippen molar-refractivity contribution in [3.63, 3.8) is 0 Å². The van der Waals surface area contributed by atoms with E-state index in [2.05, 4.69) is 34.2 Å². The van der Waals surface area contributed by atoms with E-state index in [1.165, 1.54) is 5.56 Å². The largest absolute Gasteiger partial charge is 0.477 e. The van der Waals surface area contributed by atoms with Crippen LogP contribution in [0.3, 0.4) is 0 Å². The van der Waals surface area contributed by atoms with Gasteiger partial charge in [0.25, 0.3) is 5.91 Å². The molecule has 7 heteroatoms. The van der Waals surface area contributed by atoms with Crippen LogP contribution in [-0.2, 0) is 6.54 Å². The van der Waals surface area contributed by atoms with Crippen LogP contribution in [0.1, 0.15) is 36.2 Å². The molecule has 160 valence electrons. The van der Waals surface area contributed by atoms with Crippen molar-refractivity contribution in [2.45, 2.75) is 39.0 Å². The fraction of sp³-hybridized carbons (Fsp3) is 0.348. The van der Waals surface area contributed by atoms with Gasteiger partial charge in [0, 0.05) is 31.7 Å². The predicted molar refractivity (Wildman–Crippen MR) is 124 cm³/mol. The Morgan fingerprint density at radius 2 is 2.10 bits per heavy atom. The minimum Gasteiger partial charge on any atom is -0.477 e. The highest BCUT2D eigenvalue weighted by molar-refractivity contribution is 6.33. The van der Waals surface area contributed by atoms with Crippen LogP contribution in [0, 0.1) is 11.8 Å². The van der Waals surface area contributed by atoms with Gasteiger partial charge in [0.2, 0.25) is 0 Å². The Balaban J connectivity index is 0.00000320. The van der Waals surface area contributed by atoms with Crippen molar-refractivity contribution in [3.05, 3.63) is 58.6 Å². The van der Waals surface area contributed by atoms with E-state index in [9.17, 15) is 4.79 Å². The maximum Gasteiger partial charge on any atom is 0.255 e. The molecule has 0 spiro atoms. The first-order valence-electron chi connectivity index (χ1n) is 9.71. The lowest BCUT2D eigenvalue weighted by molar-refractivity contribution is 0.0933. The van der Waals surface area contributed by atoms with E-state index >= 15 is 0 Å². The molecule has 3 N–H and O–H groups in total. The Bertz CT molecular complexity index is 925.